The van der Waals surface area contributed by atoms with E-state index >= 15 is 0 Å². The maximum Gasteiger partial charge on any atom is 0.302 e. The monoisotopic (exact) mass is 554 g/mol. The van der Waals surface area contributed by atoms with E-state index in [1.807, 2.05) is 0 Å². The smallest absolute Gasteiger partial charge is 0.302 e. The van der Waals surface area contributed by atoms with Gasteiger partial charge in [0.05, 0.1) is 0 Å². The van der Waals surface area contributed by atoms with Crippen molar-refractivity contribution in [2.24, 2.45) is 62.6 Å². The Morgan fingerprint density at radius 1 is 0.750 bits per heavy atom. The van der Waals surface area contributed by atoms with E-state index < -0.39 is 0 Å². The van der Waals surface area contributed by atoms with Crippen LogP contribution >= 0.6 is 0 Å². The van der Waals surface area contributed by atoms with Crippen molar-refractivity contribution in [3.8, 4) is 0 Å². The second-order valence-electron chi connectivity index (χ2n) is 16.9. The second kappa shape index (κ2) is 9.94. The van der Waals surface area contributed by atoms with Crippen molar-refractivity contribution >= 4 is 17.5 Å². The fourth-order valence-electron chi connectivity index (χ4n) is 12.8. The first-order valence-corrected chi connectivity index (χ1v) is 16.7. The summed E-state index contributed by atoms with van der Waals surface area (Å²) in [7, 11) is 0. The van der Waals surface area contributed by atoms with E-state index in [1.54, 1.807) is 13.8 Å². The van der Waals surface area contributed by atoms with Gasteiger partial charge >= 0.3 is 5.97 Å². The van der Waals surface area contributed by atoms with E-state index in [1.165, 1.54) is 32.1 Å². The minimum absolute atomic E-state index is 0.0148. The predicted molar refractivity (Wildman–Crippen MR) is 159 cm³/mol. The van der Waals surface area contributed by atoms with Crippen LogP contribution in [-0.2, 0) is 19.1 Å². The third kappa shape index (κ3) is 4.14. The molecule has 4 nitrogen and oxygen atoms in total. The average molecular weight is 555 g/mol. The van der Waals surface area contributed by atoms with E-state index in [4.69, 9.17) is 4.74 Å². The molecule has 5 fully saturated rings. The first kappa shape index (κ1) is 30.3. The molecule has 5 unspecified atom stereocenters. The third-order valence-corrected chi connectivity index (χ3v) is 14.8. The number of ketones is 2. The Kier molecular flexibility index (Phi) is 7.52. The molecule has 10 atom stereocenters. The maximum atomic E-state index is 14.0. The Balaban J connectivity index is 1.49. The summed E-state index contributed by atoms with van der Waals surface area (Å²) in [4.78, 5) is 37.9. The van der Waals surface area contributed by atoms with Gasteiger partial charge in [0.15, 0.2) is 0 Å². The maximum absolute atomic E-state index is 14.0. The number of carbonyl (C=O) groups excluding carboxylic acids is 3. The molecule has 0 aliphatic heterocycles. The fraction of sp³-hybridized carbons (Fsp3) is 0.917. The highest BCUT2D eigenvalue weighted by molar-refractivity contribution is 5.89. The normalized spacial score (nSPS) is 47.5. The lowest BCUT2D eigenvalue weighted by Gasteiger charge is -2.73. The molecule has 0 amide bonds. The molecule has 0 aromatic heterocycles. The van der Waals surface area contributed by atoms with Crippen molar-refractivity contribution < 1.29 is 19.1 Å². The molecule has 5 rings (SSSR count). The van der Waals surface area contributed by atoms with Crippen molar-refractivity contribution in [2.45, 2.75) is 145 Å². The summed E-state index contributed by atoms with van der Waals surface area (Å²) >= 11 is 0. The van der Waals surface area contributed by atoms with Crippen molar-refractivity contribution in [1.29, 1.82) is 0 Å². The van der Waals surface area contributed by atoms with Crippen LogP contribution in [0, 0.1) is 62.6 Å². The number of esters is 1. The van der Waals surface area contributed by atoms with Crippen LogP contribution in [0.5, 0.6) is 0 Å². The first-order valence-electron chi connectivity index (χ1n) is 16.7. The van der Waals surface area contributed by atoms with E-state index in [0.717, 1.165) is 32.1 Å². The van der Waals surface area contributed by atoms with Crippen LogP contribution in [0.3, 0.4) is 0 Å². The number of hydrogen-bond acceptors (Lipinski definition) is 4. The topological polar surface area (TPSA) is 60.4 Å². The molecule has 5 aliphatic rings. The molecule has 0 radical (unpaired) electrons. The zero-order chi connectivity index (χ0) is 29.5. The molecular weight excluding hydrogens is 496 g/mol. The summed E-state index contributed by atoms with van der Waals surface area (Å²) in [5.41, 5.74) is 0.511. The number of Topliss-reactive ketones (excluding diaryl/α,β-unsaturated/α-hetero) is 2. The van der Waals surface area contributed by atoms with Crippen LogP contribution in [0.15, 0.2) is 0 Å². The zero-order valence-corrected chi connectivity index (χ0v) is 27.2. The van der Waals surface area contributed by atoms with Crippen molar-refractivity contribution in [3.63, 3.8) is 0 Å². The van der Waals surface area contributed by atoms with Gasteiger partial charge in [-0.3, -0.25) is 9.59 Å². The predicted octanol–water partition coefficient (Wildman–Crippen LogP) is 8.59. The average Bonchev–Trinajstić information content (AvgIpc) is 3.26. The Morgan fingerprint density at radius 2 is 1.45 bits per heavy atom. The van der Waals surface area contributed by atoms with E-state index in [-0.39, 0.29) is 44.9 Å². The molecule has 226 valence electrons. The number of fused-ring (bicyclic) bond motifs is 7. The third-order valence-electron chi connectivity index (χ3n) is 14.8. The molecular formula is C36H58O4. The molecule has 0 spiro atoms. The van der Waals surface area contributed by atoms with Gasteiger partial charge in [-0.2, -0.15) is 0 Å². The summed E-state index contributed by atoms with van der Waals surface area (Å²) in [5, 5.41) is 0. The highest BCUT2D eigenvalue weighted by Crippen LogP contribution is 2.77. The SMILES string of the molecule is CC(=O)CCC(=O)[C@]12CCC(C(C)C)C1C1CCC3[C@@]4(C)CC[C@@H](OC(C)=O)C(C)(C)C4CC[C@@]3(C)[C@]1(C)CC2. The summed E-state index contributed by atoms with van der Waals surface area (Å²) in [6, 6.07) is 0. The standard InChI is InChI=1S/C36H58O4/c1-22(2)25-14-19-36(29(39)13-10-23(3)37)21-20-34(8)26(31(25)36)11-12-28-33(7)17-16-30(40-24(4)38)32(5,6)27(33)15-18-35(28,34)9/h22,25-28,30-31H,10-21H2,1-9H3/t25?,26?,27?,28?,30-,31?,33+,34-,35-,36-/m1/s1. The summed E-state index contributed by atoms with van der Waals surface area (Å²) in [6.45, 7) is 20.6. The Labute approximate surface area is 244 Å². The number of carbonyl (C=O) groups is 3. The Bertz CT molecular complexity index is 1040. The van der Waals surface area contributed by atoms with E-state index in [9.17, 15) is 14.4 Å². The fourth-order valence-corrected chi connectivity index (χ4v) is 12.8. The van der Waals surface area contributed by atoms with Gasteiger partial charge in [0.2, 0.25) is 0 Å². The highest BCUT2D eigenvalue weighted by Gasteiger charge is 2.71. The molecule has 5 saturated carbocycles. The van der Waals surface area contributed by atoms with Gasteiger partial charge in [0.1, 0.15) is 17.7 Å². The van der Waals surface area contributed by atoms with E-state index in [0.29, 0.717) is 54.1 Å². The van der Waals surface area contributed by atoms with Gasteiger partial charge in [0.25, 0.3) is 0 Å². The second-order valence-corrected chi connectivity index (χ2v) is 16.9. The largest absolute Gasteiger partial charge is 0.462 e. The molecule has 0 bridgehead atoms. The van der Waals surface area contributed by atoms with Gasteiger partial charge < -0.3 is 9.53 Å². The summed E-state index contributed by atoms with van der Waals surface area (Å²) in [5.74, 6) is 3.88. The molecule has 5 aliphatic carbocycles. The van der Waals surface area contributed by atoms with Crippen LogP contribution in [0.2, 0.25) is 0 Å². The van der Waals surface area contributed by atoms with Crippen molar-refractivity contribution in [2.75, 3.05) is 0 Å². The van der Waals surface area contributed by atoms with Crippen LogP contribution < -0.4 is 0 Å². The van der Waals surface area contributed by atoms with Crippen LogP contribution in [0.4, 0.5) is 0 Å². The van der Waals surface area contributed by atoms with Crippen LogP contribution in [0.25, 0.3) is 0 Å². The van der Waals surface area contributed by atoms with E-state index in [2.05, 4.69) is 48.5 Å². The minimum Gasteiger partial charge on any atom is -0.462 e. The van der Waals surface area contributed by atoms with Gasteiger partial charge in [-0.15, -0.1) is 0 Å². The summed E-state index contributed by atoms with van der Waals surface area (Å²) < 4.78 is 5.93. The Hall–Kier alpha value is -1.19. The zero-order valence-electron chi connectivity index (χ0n) is 27.2. The molecule has 0 aromatic carbocycles. The summed E-state index contributed by atoms with van der Waals surface area (Å²) in [6.07, 6.45) is 12.3. The molecule has 0 saturated heterocycles. The number of rotatable bonds is 6. The lowest BCUT2D eigenvalue weighted by Crippen LogP contribution is -2.67. The lowest BCUT2D eigenvalue weighted by atomic mass is 9.32. The van der Waals surface area contributed by atoms with Gasteiger partial charge in [-0.1, -0.05) is 48.5 Å². The van der Waals surface area contributed by atoms with Crippen LogP contribution in [-0.4, -0.2) is 23.6 Å². The molecule has 40 heavy (non-hydrogen) atoms. The lowest BCUT2D eigenvalue weighted by molar-refractivity contribution is -0.250. The minimum atomic E-state index is -0.205. The van der Waals surface area contributed by atoms with Crippen molar-refractivity contribution in [1.82, 2.24) is 0 Å². The highest BCUT2D eigenvalue weighted by atomic mass is 16.5. The van der Waals surface area contributed by atoms with Gasteiger partial charge in [0, 0.05) is 30.6 Å². The first-order chi connectivity index (χ1) is 18.5. The number of hydrogen-bond donors (Lipinski definition) is 0. The van der Waals surface area contributed by atoms with Gasteiger partial charge in [-0.25, -0.2) is 0 Å². The Morgan fingerprint density at radius 3 is 2.08 bits per heavy atom. The molecule has 4 heteroatoms. The number of ether oxygens (including phenoxy) is 1. The molecule has 0 N–H and O–H groups in total. The molecule has 0 heterocycles. The van der Waals surface area contributed by atoms with Gasteiger partial charge in [-0.05, 0) is 123 Å². The quantitative estimate of drug-likeness (QED) is 0.308. The van der Waals surface area contributed by atoms with Crippen molar-refractivity contribution in [3.05, 3.63) is 0 Å². The van der Waals surface area contributed by atoms with Crippen LogP contribution in [0.1, 0.15) is 139 Å². The molecule has 0 aromatic rings.